The largest absolute Gasteiger partial charge is 0.507 e. The van der Waals surface area contributed by atoms with E-state index < -0.39 is 5.92 Å². The number of hydrogen-bond donors (Lipinski definition) is 2. The van der Waals surface area contributed by atoms with E-state index in [9.17, 15) is 15.3 Å². The van der Waals surface area contributed by atoms with Crippen LogP contribution in [-0.2, 0) is 4.79 Å². The maximum absolute atomic E-state index is 13.8. The molecule has 1 unspecified atom stereocenters. The molecule has 1 aliphatic carbocycles. The number of anilines is 1. The highest BCUT2D eigenvalue weighted by molar-refractivity contribution is 7.10. The van der Waals surface area contributed by atoms with Crippen LogP contribution in [0, 0.1) is 17.7 Å². The number of amidine groups is 1. The van der Waals surface area contributed by atoms with Gasteiger partial charge in [-0.2, -0.15) is 0 Å². The summed E-state index contributed by atoms with van der Waals surface area (Å²) in [6, 6.07) is 18.8. The summed E-state index contributed by atoms with van der Waals surface area (Å²) in [4.78, 5) is 16.6. The highest BCUT2D eigenvalue weighted by Gasteiger charge is 2.47. The minimum absolute atomic E-state index is 0.0165. The molecule has 1 aliphatic heterocycles. The average molecular weight is 503 g/mol. The number of aliphatic hydroxyl groups excluding tert-OH is 1. The number of benzene rings is 2. The fourth-order valence-electron chi connectivity index (χ4n) is 5.21. The molecule has 1 atom stereocenters. The molecule has 3 aromatic rings. The summed E-state index contributed by atoms with van der Waals surface area (Å²) in [5.74, 6) is -0.260. The lowest BCUT2D eigenvalue weighted by atomic mass is 9.68. The number of Topliss-reactive ketones (excluding diaryl/α,β-unsaturated/α-hetero) is 1. The van der Waals surface area contributed by atoms with Gasteiger partial charge in [0.25, 0.3) is 0 Å². The first kappa shape index (κ1) is 23.6. The van der Waals surface area contributed by atoms with Crippen molar-refractivity contribution < 1.29 is 9.90 Å². The number of ketones is 1. The zero-order chi connectivity index (χ0) is 24.9. The van der Waals surface area contributed by atoms with Crippen molar-refractivity contribution in [2.24, 2.45) is 5.41 Å². The van der Waals surface area contributed by atoms with Crippen molar-refractivity contribution in [3.63, 3.8) is 0 Å². The third-order valence-electron chi connectivity index (χ3n) is 6.83. The molecule has 0 bridgehead atoms. The van der Waals surface area contributed by atoms with E-state index in [-0.39, 0.29) is 22.8 Å². The minimum atomic E-state index is -0.503. The molecule has 0 saturated carbocycles. The standard InChI is InChI=1S/C29H27ClN2O2S/c1-17-19(30)11-7-12-20(17)32-21-15-29(2,3)16-22(33)24(21)25(23-13-8-14-35-23)26(28(32)31)27(34)18-9-5-4-6-10-18/h4-14,25,31,34H,15-16H2,1-3H3/b27-26+,31-28?. The van der Waals surface area contributed by atoms with Crippen LogP contribution in [-0.4, -0.2) is 16.7 Å². The van der Waals surface area contributed by atoms with Crippen molar-refractivity contribution in [2.75, 3.05) is 4.90 Å². The summed E-state index contributed by atoms with van der Waals surface area (Å²) in [5.41, 5.74) is 3.88. The van der Waals surface area contributed by atoms with Crippen LogP contribution in [0.4, 0.5) is 5.69 Å². The molecular weight excluding hydrogens is 476 g/mol. The van der Waals surface area contributed by atoms with Gasteiger partial charge >= 0.3 is 0 Å². The van der Waals surface area contributed by atoms with Crippen LogP contribution in [0.5, 0.6) is 0 Å². The van der Waals surface area contributed by atoms with Crippen molar-refractivity contribution in [1.82, 2.24) is 0 Å². The van der Waals surface area contributed by atoms with Gasteiger partial charge in [-0.15, -0.1) is 11.3 Å². The lowest BCUT2D eigenvalue weighted by Gasteiger charge is -2.45. The number of halogens is 1. The predicted octanol–water partition coefficient (Wildman–Crippen LogP) is 7.90. The van der Waals surface area contributed by atoms with Gasteiger partial charge in [-0.05, 0) is 47.9 Å². The normalized spacial score (nSPS) is 21.3. The summed E-state index contributed by atoms with van der Waals surface area (Å²) in [7, 11) is 0. The Morgan fingerprint density at radius 1 is 1.09 bits per heavy atom. The molecule has 5 rings (SSSR count). The van der Waals surface area contributed by atoms with Gasteiger partial charge in [0.2, 0.25) is 0 Å². The molecule has 0 radical (unpaired) electrons. The Kier molecular flexibility index (Phi) is 5.94. The molecule has 2 aromatic carbocycles. The van der Waals surface area contributed by atoms with Crippen LogP contribution in [0.15, 0.2) is 82.9 Å². The van der Waals surface area contributed by atoms with Crippen molar-refractivity contribution in [3.05, 3.63) is 104 Å². The Balaban J connectivity index is 1.87. The van der Waals surface area contributed by atoms with Crippen LogP contribution in [0.2, 0.25) is 5.02 Å². The number of allylic oxidation sites excluding steroid dienone is 2. The molecule has 0 amide bonds. The van der Waals surface area contributed by atoms with Crippen LogP contribution in [0.25, 0.3) is 5.76 Å². The molecular formula is C29H27ClN2O2S. The molecule has 4 nitrogen and oxygen atoms in total. The number of nitrogens with one attached hydrogen (secondary N) is 1. The number of nitrogens with zero attached hydrogens (tertiary/aromatic N) is 1. The Morgan fingerprint density at radius 3 is 2.51 bits per heavy atom. The number of hydrogen-bond acceptors (Lipinski definition) is 4. The third-order valence-corrected chi connectivity index (χ3v) is 8.18. The molecule has 0 spiro atoms. The topological polar surface area (TPSA) is 64.4 Å². The fourth-order valence-corrected chi connectivity index (χ4v) is 6.22. The van der Waals surface area contributed by atoms with E-state index in [0.29, 0.717) is 34.6 Å². The molecule has 2 heterocycles. The zero-order valence-electron chi connectivity index (χ0n) is 19.9. The van der Waals surface area contributed by atoms with E-state index >= 15 is 0 Å². The van der Waals surface area contributed by atoms with Gasteiger partial charge in [0.05, 0.1) is 17.2 Å². The third kappa shape index (κ3) is 4.03. The molecule has 178 valence electrons. The summed E-state index contributed by atoms with van der Waals surface area (Å²) in [6.07, 6.45) is 1.06. The van der Waals surface area contributed by atoms with Gasteiger partial charge in [0.15, 0.2) is 5.78 Å². The molecule has 2 N–H and O–H groups in total. The maximum atomic E-state index is 13.8. The lowest BCUT2D eigenvalue weighted by Crippen LogP contribution is -2.45. The highest BCUT2D eigenvalue weighted by Crippen LogP contribution is 2.52. The first-order valence-electron chi connectivity index (χ1n) is 11.6. The minimum Gasteiger partial charge on any atom is -0.507 e. The number of aliphatic hydroxyl groups is 1. The molecule has 0 fully saturated rings. The second kappa shape index (κ2) is 8.81. The quantitative estimate of drug-likeness (QED) is 0.358. The van der Waals surface area contributed by atoms with Crippen molar-refractivity contribution in [1.29, 1.82) is 5.41 Å². The first-order chi connectivity index (χ1) is 16.7. The van der Waals surface area contributed by atoms with Crippen LogP contribution in [0.1, 0.15) is 48.6 Å². The Hall–Kier alpha value is -3.15. The van der Waals surface area contributed by atoms with Gasteiger partial charge in [-0.3, -0.25) is 15.1 Å². The van der Waals surface area contributed by atoms with E-state index in [1.165, 1.54) is 0 Å². The summed E-state index contributed by atoms with van der Waals surface area (Å²) >= 11 is 8.05. The summed E-state index contributed by atoms with van der Waals surface area (Å²) < 4.78 is 0. The molecule has 6 heteroatoms. The Morgan fingerprint density at radius 2 is 1.83 bits per heavy atom. The molecule has 35 heavy (non-hydrogen) atoms. The van der Waals surface area contributed by atoms with E-state index in [0.717, 1.165) is 21.8 Å². The van der Waals surface area contributed by atoms with Gasteiger partial charge in [0, 0.05) is 33.2 Å². The Bertz CT molecular complexity index is 1390. The lowest BCUT2D eigenvalue weighted by molar-refractivity contribution is -0.118. The number of thiophene rings is 1. The molecule has 1 aromatic heterocycles. The number of carbonyl (C=O) groups excluding carboxylic acids is 1. The van der Waals surface area contributed by atoms with Crippen molar-refractivity contribution in [3.8, 4) is 0 Å². The molecule has 2 aliphatic rings. The molecule has 0 saturated heterocycles. The van der Waals surface area contributed by atoms with E-state index in [2.05, 4.69) is 13.8 Å². The van der Waals surface area contributed by atoms with Crippen LogP contribution < -0.4 is 4.90 Å². The fraction of sp³-hybridized carbons (Fsp3) is 0.241. The Labute approximate surface area is 214 Å². The van der Waals surface area contributed by atoms with E-state index in [1.54, 1.807) is 11.3 Å². The predicted molar refractivity (Wildman–Crippen MR) is 144 cm³/mol. The first-order valence-corrected chi connectivity index (χ1v) is 12.9. The van der Waals surface area contributed by atoms with Gasteiger partial charge < -0.3 is 5.11 Å². The number of carbonyl (C=O) groups is 1. The van der Waals surface area contributed by atoms with Gasteiger partial charge in [-0.1, -0.05) is 67.9 Å². The summed E-state index contributed by atoms with van der Waals surface area (Å²) in [5, 5.41) is 23.6. The monoisotopic (exact) mass is 502 g/mol. The highest BCUT2D eigenvalue weighted by atomic mass is 35.5. The van der Waals surface area contributed by atoms with E-state index in [1.807, 2.05) is 77.9 Å². The zero-order valence-corrected chi connectivity index (χ0v) is 21.5. The van der Waals surface area contributed by atoms with Crippen LogP contribution >= 0.6 is 22.9 Å². The van der Waals surface area contributed by atoms with Gasteiger partial charge in [-0.25, -0.2) is 0 Å². The second-order valence-electron chi connectivity index (χ2n) is 9.95. The SMILES string of the molecule is Cc1c(Cl)cccc1N1C(=N)/C(=C(/O)c2ccccc2)C(c2cccs2)C2=C1CC(C)(C)CC2=O. The smallest absolute Gasteiger partial charge is 0.162 e. The van der Waals surface area contributed by atoms with E-state index in [4.69, 9.17) is 11.6 Å². The van der Waals surface area contributed by atoms with Crippen LogP contribution in [0.3, 0.4) is 0 Å². The number of rotatable bonds is 3. The van der Waals surface area contributed by atoms with Crippen molar-refractivity contribution >= 4 is 46.0 Å². The maximum Gasteiger partial charge on any atom is 0.162 e. The summed E-state index contributed by atoms with van der Waals surface area (Å²) in [6.45, 7) is 6.11. The second-order valence-corrected chi connectivity index (χ2v) is 11.3. The average Bonchev–Trinajstić information content (AvgIpc) is 3.35. The van der Waals surface area contributed by atoms with Gasteiger partial charge in [0.1, 0.15) is 11.6 Å². The van der Waals surface area contributed by atoms with Crippen molar-refractivity contribution in [2.45, 2.75) is 39.5 Å².